The van der Waals surface area contributed by atoms with Crippen LogP contribution in [0.25, 0.3) is 11.1 Å². The van der Waals surface area contributed by atoms with E-state index in [1.165, 1.54) is 14.0 Å². The summed E-state index contributed by atoms with van der Waals surface area (Å²) in [5, 5.41) is 27.3. The highest BCUT2D eigenvalue weighted by molar-refractivity contribution is 8.01. The van der Waals surface area contributed by atoms with Crippen molar-refractivity contribution in [1.29, 1.82) is 0 Å². The van der Waals surface area contributed by atoms with Crippen LogP contribution in [-0.4, -0.2) is 70.9 Å². The first-order valence-corrected chi connectivity index (χ1v) is 14.1. The van der Waals surface area contributed by atoms with Gasteiger partial charge < -0.3 is 30.3 Å². The molecule has 1 heterocycles. The summed E-state index contributed by atoms with van der Waals surface area (Å²) in [6.45, 7) is 1.20. The van der Waals surface area contributed by atoms with Crippen molar-refractivity contribution in [2.75, 3.05) is 13.7 Å². The Morgan fingerprint density at radius 2 is 1.61 bits per heavy atom. The van der Waals surface area contributed by atoms with Crippen LogP contribution >= 0.6 is 11.8 Å². The summed E-state index contributed by atoms with van der Waals surface area (Å²) in [7, 11) is 1.23. The van der Waals surface area contributed by atoms with E-state index in [2.05, 4.69) is 10.6 Å². The Bertz CT molecular complexity index is 1320. The van der Waals surface area contributed by atoms with Gasteiger partial charge in [-0.2, -0.15) is 0 Å². The average molecular weight is 579 g/mol. The standard InChI is InChI=1S/C31H34N2O7S/c1-20(34)33-28-26(36)18-31(30(38)39-2,41-25-11-7-4-8-12-25)40-27(28)17-24(35)19-32-29(37)23-15-13-22(14-16-23)21-9-5-3-6-10-21/h3-16,24,26-28,35-36H,17-19H2,1-2H3,(H,32,37)(H,33,34)/t24?,26?,27?,28-,31-/m1/s1. The van der Waals surface area contributed by atoms with Crippen LogP contribution in [0.3, 0.4) is 0 Å². The van der Waals surface area contributed by atoms with E-state index in [0.717, 1.165) is 22.9 Å². The van der Waals surface area contributed by atoms with Crippen LogP contribution in [0.2, 0.25) is 0 Å². The van der Waals surface area contributed by atoms with Crippen molar-refractivity contribution in [3.8, 4) is 11.1 Å². The van der Waals surface area contributed by atoms with E-state index >= 15 is 0 Å². The molecule has 1 fully saturated rings. The Kier molecular flexibility index (Phi) is 10.2. The van der Waals surface area contributed by atoms with Crippen molar-refractivity contribution in [3.05, 3.63) is 90.5 Å². The highest BCUT2D eigenvalue weighted by atomic mass is 32.2. The van der Waals surface area contributed by atoms with Crippen molar-refractivity contribution in [2.24, 2.45) is 0 Å². The number of aliphatic hydroxyl groups excluding tert-OH is 2. The van der Waals surface area contributed by atoms with Gasteiger partial charge in [-0.3, -0.25) is 9.59 Å². The Balaban J connectivity index is 1.45. The van der Waals surface area contributed by atoms with Crippen LogP contribution in [0.1, 0.15) is 30.1 Å². The number of ether oxygens (including phenoxy) is 2. The van der Waals surface area contributed by atoms with E-state index in [-0.39, 0.29) is 25.3 Å². The van der Waals surface area contributed by atoms with Gasteiger partial charge in [0.15, 0.2) is 0 Å². The van der Waals surface area contributed by atoms with Crippen molar-refractivity contribution in [3.63, 3.8) is 0 Å². The van der Waals surface area contributed by atoms with Crippen LogP contribution in [0.15, 0.2) is 89.8 Å². The van der Waals surface area contributed by atoms with Gasteiger partial charge in [0.05, 0.1) is 31.5 Å². The third-order valence-corrected chi connectivity index (χ3v) is 8.05. The number of rotatable bonds is 10. The summed E-state index contributed by atoms with van der Waals surface area (Å²) in [4.78, 5) is 36.8. The molecule has 10 heteroatoms. The lowest BCUT2D eigenvalue weighted by molar-refractivity contribution is -0.185. The minimum absolute atomic E-state index is 0.0800. The molecular weight excluding hydrogens is 544 g/mol. The molecule has 0 saturated carbocycles. The van der Waals surface area contributed by atoms with Crippen molar-refractivity contribution in [2.45, 2.75) is 53.9 Å². The predicted molar refractivity (Wildman–Crippen MR) is 155 cm³/mol. The number of aliphatic hydroxyl groups is 2. The maximum atomic E-state index is 13.0. The first-order chi connectivity index (χ1) is 19.7. The molecule has 1 aliphatic heterocycles. The van der Waals surface area contributed by atoms with E-state index in [0.29, 0.717) is 10.5 Å². The molecule has 0 aliphatic carbocycles. The molecular formula is C31H34N2O7S. The molecule has 4 rings (SSSR count). The minimum atomic E-state index is -1.61. The van der Waals surface area contributed by atoms with Gasteiger partial charge >= 0.3 is 5.97 Å². The second kappa shape index (κ2) is 13.8. The number of methoxy groups -OCH3 is 1. The fraction of sp³-hybridized carbons (Fsp3) is 0.323. The molecule has 41 heavy (non-hydrogen) atoms. The number of thioether (sulfide) groups is 1. The van der Waals surface area contributed by atoms with Gasteiger partial charge in [0.2, 0.25) is 10.8 Å². The Morgan fingerprint density at radius 3 is 2.22 bits per heavy atom. The maximum absolute atomic E-state index is 13.0. The second-order valence-electron chi connectivity index (χ2n) is 9.86. The molecule has 1 aliphatic rings. The topological polar surface area (TPSA) is 134 Å². The molecule has 216 valence electrons. The molecule has 0 radical (unpaired) electrons. The highest BCUT2D eigenvalue weighted by Gasteiger charge is 2.53. The largest absolute Gasteiger partial charge is 0.466 e. The molecule has 0 bridgehead atoms. The molecule has 9 nitrogen and oxygen atoms in total. The zero-order chi connectivity index (χ0) is 29.4. The lowest BCUT2D eigenvalue weighted by atomic mass is 9.91. The minimum Gasteiger partial charge on any atom is -0.466 e. The fourth-order valence-corrected chi connectivity index (χ4v) is 6.08. The van der Waals surface area contributed by atoms with Gasteiger partial charge in [0.1, 0.15) is 0 Å². The van der Waals surface area contributed by atoms with Gasteiger partial charge in [-0.25, -0.2) is 4.79 Å². The average Bonchev–Trinajstić information content (AvgIpc) is 2.98. The first-order valence-electron chi connectivity index (χ1n) is 13.3. The van der Waals surface area contributed by atoms with Gasteiger partial charge in [0.25, 0.3) is 5.91 Å². The number of hydrogen-bond donors (Lipinski definition) is 4. The number of carbonyl (C=O) groups is 3. The monoisotopic (exact) mass is 578 g/mol. The van der Waals surface area contributed by atoms with Crippen LogP contribution in [0.5, 0.6) is 0 Å². The van der Waals surface area contributed by atoms with Gasteiger partial charge in [-0.15, -0.1) is 0 Å². The van der Waals surface area contributed by atoms with Crippen LogP contribution in [-0.2, 0) is 19.1 Å². The Morgan fingerprint density at radius 1 is 1.00 bits per heavy atom. The normalized spacial score (nSPS) is 22.8. The van der Waals surface area contributed by atoms with E-state index in [4.69, 9.17) is 9.47 Å². The zero-order valence-electron chi connectivity index (χ0n) is 22.9. The quantitative estimate of drug-likeness (QED) is 0.270. The lowest BCUT2D eigenvalue weighted by Crippen LogP contribution is -2.62. The zero-order valence-corrected chi connectivity index (χ0v) is 23.7. The molecule has 0 spiro atoms. The van der Waals surface area contributed by atoms with E-state index in [1.54, 1.807) is 24.3 Å². The smallest absolute Gasteiger partial charge is 0.349 e. The molecule has 3 aromatic rings. The van der Waals surface area contributed by atoms with Crippen molar-refractivity contribution < 1.29 is 34.1 Å². The third-order valence-electron chi connectivity index (χ3n) is 6.78. The fourth-order valence-electron chi connectivity index (χ4n) is 4.82. The van der Waals surface area contributed by atoms with Gasteiger partial charge in [-0.05, 0) is 35.4 Å². The Labute approximate surface area is 243 Å². The van der Waals surface area contributed by atoms with Gasteiger partial charge in [-0.1, -0.05) is 72.4 Å². The molecule has 3 aromatic carbocycles. The second-order valence-corrected chi connectivity index (χ2v) is 11.2. The van der Waals surface area contributed by atoms with Crippen LogP contribution in [0.4, 0.5) is 0 Å². The summed E-state index contributed by atoms with van der Waals surface area (Å²) in [5.41, 5.74) is 2.44. The predicted octanol–water partition coefficient (Wildman–Crippen LogP) is 3.15. The summed E-state index contributed by atoms with van der Waals surface area (Å²) < 4.78 is 11.3. The Hall–Kier alpha value is -3.70. The molecule has 3 unspecified atom stereocenters. The molecule has 5 atom stereocenters. The number of amides is 2. The van der Waals surface area contributed by atoms with Crippen LogP contribution < -0.4 is 10.6 Å². The number of carbonyl (C=O) groups excluding carboxylic acids is 3. The third kappa shape index (κ3) is 7.74. The molecule has 0 aromatic heterocycles. The maximum Gasteiger partial charge on any atom is 0.349 e. The summed E-state index contributed by atoms with van der Waals surface area (Å²) >= 11 is 1.09. The summed E-state index contributed by atoms with van der Waals surface area (Å²) in [5.74, 6) is -1.46. The SMILES string of the molecule is COC(=O)[C@]1(Sc2ccccc2)CC(O)[C@@H](NC(C)=O)C(CC(O)CNC(=O)c2ccc(-c3ccccc3)cc2)O1. The molecule has 1 saturated heterocycles. The summed E-state index contributed by atoms with van der Waals surface area (Å²) in [6.07, 6.45) is -3.46. The number of benzene rings is 3. The number of esters is 1. The molecule has 2 amide bonds. The number of hydrogen-bond acceptors (Lipinski definition) is 8. The van der Waals surface area contributed by atoms with E-state index in [1.807, 2.05) is 60.7 Å². The van der Waals surface area contributed by atoms with Gasteiger partial charge in [0, 0.05) is 36.8 Å². The van der Waals surface area contributed by atoms with Crippen LogP contribution in [0, 0.1) is 0 Å². The van der Waals surface area contributed by atoms with E-state index in [9.17, 15) is 24.6 Å². The number of nitrogens with one attached hydrogen (secondary N) is 2. The summed E-state index contributed by atoms with van der Waals surface area (Å²) in [6, 6.07) is 25.1. The van der Waals surface area contributed by atoms with Crippen molar-refractivity contribution in [1.82, 2.24) is 10.6 Å². The molecule has 4 N–H and O–H groups in total. The van der Waals surface area contributed by atoms with Crippen molar-refractivity contribution >= 4 is 29.5 Å². The highest BCUT2D eigenvalue weighted by Crippen LogP contribution is 2.44. The first kappa shape index (κ1) is 30.3. The van der Waals surface area contributed by atoms with E-state index < -0.39 is 41.2 Å². The lowest BCUT2D eigenvalue weighted by Gasteiger charge is -2.45.